The zero-order valence-corrected chi connectivity index (χ0v) is 6.43. The van der Waals surface area contributed by atoms with E-state index in [1.807, 2.05) is 5.32 Å². The Balaban J connectivity index is 0.000001000. The van der Waals surface area contributed by atoms with Crippen LogP contribution in [0, 0.1) is 5.92 Å². The van der Waals surface area contributed by atoms with E-state index in [0.29, 0.717) is 0 Å². The number of imide groups is 1. The van der Waals surface area contributed by atoms with Crippen molar-refractivity contribution in [1.29, 1.82) is 0 Å². The van der Waals surface area contributed by atoms with Crippen LogP contribution in [-0.4, -0.2) is 24.7 Å². The normalized spacial score (nSPS) is 22.5. The minimum atomic E-state index is -0.616. The van der Waals surface area contributed by atoms with Crippen LogP contribution in [-0.2, 0) is 4.79 Å². The van der Waals surface area contributed by atoms with Crippen LogP contribution in [0.15, 0.2) is 4.99 Å². The van der Waals surface area contributed by atoms with E-state index in [4.69, 9.17) is 5.73 Å². The van der Waals surface area contributed by atoms with Crippen LogP contribution in [0.4, 0.5) is 4.79 Å². The summed E-state index contributed by atoms with van der Waals surface area (Å²) in [4.78, 5) is 24.5. The van der Waals surface area contributed by atoms with Gasteiger partial charge in [-0.2, -0.15) is 0 Å². The maximum absolute atomic E-state index is 10.7. The van der Waals surface area contributed by atoms with Gasteiger partial charge in [-0.15, -0.1) is 12.4 Å². The maximum Gasteiger partial charge on any atom is 0.347 e. The molecule has 11 heavy (non-hydrogen) atoms. The van der Waals surface area contributed by atoms with Crippen molar-refractivity contribution in [1.82, 2.24) is 5.32 Å². The Labute approximate surface area is 69.5 Å². The molecule has 6 heteroatoms. The first-order valence-corrected chi connectivity index (χ1v) is 2.83. The lowest BCUT2D eigenvalue weighted by Gasteiger charge is -2.11. The summed E-state index contributed by atoms with van der Waals surface area (Å²) < 4.78 is 0. The van der Waals surface area contributed by atoms with Gasteiger partial charge in [0, 0.05) is 12.8 Å². The lowest BCUT2D eigenvalue weighted by atomic mass is 10.1. The van der Waals surface area contributed by atoms with E-state index in [2.05, 4.69) is 4.99 Å². The highest BCUT2D eigenvalue weighted by molar-refractivity contribution is 6.09. The second-order valence-corrected chi connectivity index (χ2v) is 1.91. The van der Waals surface area contributed by atoms with Gasteiger partial charge in [0.05, 0.1) is 5.92 Å². The van der Waals surface area contributed by atoms with Crippen LogP contribution >= 0.6 is 12.4 Å². The number of hydrogen-bond donors (Lipinski definition) is 2. The number of amides is 3. The van der Waals surface area contributed by atoms with Crippen molar-refractivity contribution >= 4 is 30.6 Å². The zero-order valence-electron chi connectivity index (χ0n) is 5.61. The van der Waals surface area contributed by atoms with Crippen molar-refractivity contribution in [3.05, 3.63) is 0 Å². The van der Waals surface area contributed by atoms with Crippen molar-refractivity contribution < 1.29 is 9.59 Å². The van der Waals surface area contributed by atoms with Crippen LogP contribution in [0.1, 0.15) is 0 Å². The van der Waals surface area contributed by atoms with E-state index in [1.165, 1.54) is 6.21 Å². The van der Waals surface area contributed by atoms with E-state index in [0.717, 1.165) is 0 Å². The number of aliphatic imine (C=N–C) groups is 1. The van der Waals surface area contributed by atoms with Crippen molar-refractivity contribution in [2.75, 3.05) is 6.54 Å². The first-order chi connectivity index (χ1) is 4.74. The molecule has 1 atom stereocenters. The molecule has 0 aromatic carbocycles. The van der Waals surface area contributed by atoms with Gasteiger partial charge in [-0.25, -0.2) is 9.79 Å². The molecular weight excluding hydrogens is 170 g/mol. The van der Waals surface area contributed by atoms with Gasteiger partial charge in [-0.1, -0.05) is 0 Å². The molecule has 0 saturated carbocycles. The molecule has 5 nitrogen and oxygen atoms in total. The van der Waals surface area contributed by atoms with Crippen LogP contribution in [0.5, 0.6) is 0 Å². The number of halogens is 1. The minimum absolute atomic E-state index is 0. The third-order valence-electron chi connectivity index (χ3n) is 1.19. The molecule has 0 fully saturated rings. The van der Waals surface area contributed by atoms with Gasteiger partial charge in [-0.3, -0.25) is 10.1 Å². The standard InChI is InChI=1S/C5H7N3O2.ClH/c6-1-3-2-7-5(10)8-4(3)9;/h2-3H,1,6H2,(H,8,9,10);1H. The van der Waals surface area contributed by atoms with E-state index in [1.54, 1.807) is 0 Å². The smallest absolute Gasteiger partial charge is 0.329 e. The van der Waals surface area contributed by atoms with E-state index >= 15 is 0 Å². The predicted molar refractivity (Wildman–Crippen MR) is 41.8 cm³/mol. The van der Waals surface area contributed by atoms with Crippen LogP contribution < -0.4 is 11.1 Å². The molecule has 1 heterocycles. The molecule has 1 aliphatic rings. The van der Waals surface area contributed by atoms with Crippen molar-refractivity contribution in [3.63, 3.8) is 0 Å². The Morgan fingerprint density at radius 2 is 2.27 bits per heavy atom. The quantitative estimate of drug-likeness (QED) is 0.556. The molecule has 1 unspecified atom stereocenters. The van der Waals surface area contributed by atoms with Crippen LogP contribution in [0.2, 0.25) is 0 Å². The lowest BCUT2D eigenvalue weighted by molar-refractivity contribution is -0.121. The fourth-order valence-corrected chi connectivity index (χ4v) is 0.624. The largest absolute Gasteiger partial charge is 0.347 e. The molecule has 0 aliphatic carbocycles. The Morgan fingerprint density at radius 3 is 2.73 bits per heavy atom. The average molecular weight is 178 g/mol. The van der Waals surface area contributed by atoms with Crippen molar-refractivity contribution in [2.24, 2.45) is 16.6 Å². The van der Waals surface area contributed by atoms with Crippen molar-refractivity contribution in [2.45, 2.75) is 0 Å². The summed E-state index contributed by atoms with van der Waals surface area (Å²) in [7, 11) is 0. The molecule has 3 amide bonds. The molecule has 0 radical (unpaired) electrons. The molecule has 0 spiro atoms. The van der Waals surface area contributed by atoms with E-state index in [9.17, 15) is 9.59 Å². The number of nitrogens with one attached hydrogen (secondary N) is 1. The molecule has 0 saturated heterocycles. The number of rotatable bonds is 1. The number of urea groups is 1. The third kappa shape index (κ3) is 2.28. The molecule has 62 valence electrons. The number of carbonyl (C=O) groups excluding carboxylic acids is 2. The first-order valence-electron chi connectivity index (χ1n) is 2.83. The first kappa shape index (κ1) is 10.1. The summed E-state index contributed by atoms with van der Waals surface area (Å²) in [5.74, 6) is -0.819. The van der Waals surface area contributed by atoms with Crippen LogP contribution in [0.3, 0.4) is 0 Å². The zero-order chi connectivity index (χ0) is 7.56. The third-order valence-corrected chi connectivity index (χ3v) is 1.19. The molecule has 3 N–H and O–H groups in total. The van der Waals surface area contributed by atoms with Gasteiger partial charge in [-0.05, 0) is 0 Å². The molecule has 1 rings (SSSR count). The highest BCUT2D eigenvalue weighted by Crippen LogP contribution is 1.95. The summed E-state index contributed by atoms with van der Waals surface area (Å²) in [6, 6.07) is -0.616. The number of nitrogens with two attached hydrogens (primary N) is 1. The highest BCUT2D eigenvalue weighted by Gasteiger charge is 2.20. The number of carbonyl (C=O) groups is 2. The van der Waals surface area contributed by atoms with E-state index < -0.39 is 11.9 Å². The van der Waals surface area contributed by atoms with Gasteiger partial charge in [0.15, 0.2) is 0 Å². The fourth-order valence-electron chi connectivity index (χ4n) is 0.624. The Bertz CT molecular complexity index is 204. The Kier molecular flexibility index (Phi) is 3.70. The van der Waals surface area contributed by atoms with Gasteiger partial charge in [0.25, 0.3) is 0 Å². The summed E-state index contributed by atoms with van der Waals surface area (Å²) in [6.45, 7) is 0.183. The van der Waals surface area contributed by atoms with Gasteiger partial charge >= 0.3 is 6.03 Å². The molecule has 1 aliphatic heterocycles. The maximum atomic E-state index is 10.7. The van der Waals surface area contributed by atoms with Gasteiger partial charge in [0.2, 0.25) is 5.91 Å². The Hall–Kier alpha value is -0.940. The fraction of sp³-hybridized carbons (Fsp3) is 0.400. The molecule has 0 aromatic rings. The SMILES string of the molecule is Cl.NCC1C=NC(=O)NC1=O. The summed E-state index contributed by atoms with van der Waals surface area (Å²) in [5, 5.41) is 2.02. The molecular formula is C5H8ClN3O2. The second-order valence-electron chi connectivity index (χ2n) is 1.91. The van der Waals surface area contributed by atoms with Gasteiger partial charge < -0.3 is 5.73 Å². The molecule has 0 aromatic heterocycles. The second kappa shape index (κ2) is 4.05. The number of nitrogens with zero attached hydrogens (tertiary/aromatic N) is 1. The van der Waals surface area contributed by atoms with Crippen molar-refractivity contribution in [3.8, 4) is 0 Å². The number of hydrogen-bond acceptors (Lipinski definition) is 3. The molecule has 0 bridgehead atoms. The predicted octanol–water partition coefficient (Wildman–Crippen LogP) is -0.696. The van der Waals surface area contributed by atoms with Gasteiger partial charge in [0.1, 0.15) is 0 Å². The minimum Gasteiger partial charge on any atom is -0.329 e. The van der Waals surface area contributed by atoms with Crippen LogP contribution in [0.25, 0.3) is 0 Å². The Morgan fingerprint density at radius 1 is 1.64 bits per heavy atom. The summed E-state index contributed by atoms with van der Waals surface area (Å²) in [5.41, 5.74) is 5.18. The summed E-state index contributed by atoms with van der Waals surface area (Å²) in [6.07, 6.45) is 1.27. The average Bonchev–Trinajstić information content (AvgIpc) is 1.88. The van der Waals surface area contributed by atoms with E-state index in [-0.39, 0.29) is 24.9 Å². The lowest BCUT2D eigenvalue weighted by Crippen LogP contribution is -2.41. The topological polar surface area (TPSA) is 84.5 Å². The summed E-state index contributed by atoms with van der Waals surface area (Å²) >= 11 is 0. The monoisotopic (exact) mass is 177 g/mol. The highest BCUT2D eigenvalue weighted by atomic mass is 35.5.